The van der Waals surface area contributed by atoms with Crippen molar-refractivity contribution < 1.29 is 71.1 Å². The van der Waals surface area contributed by atoms with Gasteiger partial charge in [-0.1, -0.05) is 51.2 Å². The number of hydrogen-bond acceptors (Lipinski definition) is 7. The van der Waals surface area contributed by atoms with Crippen molar-refractivity contribution in [3.63, 3.8) is 0 Å². The normalized spacial score (nSPS) is 9.56. The molecule has 0 heterocycles. The number of likely N-dealkylation sites (N-methyl/N-ethyl adjacent to an activating group) is 1. The first-order chi connectivity index (χ1) is 14.9. The molecule has 0 fully saturated rings. The molecule has 0 saturated carbocycles. The molecule has 0 radical (unpaired) electrons. The number of rotatable bonds is 12. The first-order valence-corrected chi connectivity index (χ1v) is 10.7. The van der Waals surface area contributed by atoms with Crippen LogP contribution in [0.25, 0.3) is 16.0 Å². The van der Waals surface area contributed by atoms with Gasteiger partial charge in [-0.3, -0.25) is 4.79 Å². The van der Waals surface area contributed by atoms with E-state index in [0.717, 1.165) is 38.5 Å². The summed E-state index contributed by atoms with van der Waals surface area (Å²) < 4.78 is 8.22. The average Bonchev–Trinajstić information content (AvgIpc) is 2.80. The van der Waals surface area contributed by atoms with Crippen LogP contribution in [0, 0.1) is 0 Å². The molecule has 0 aliphatic heterocycles. The van der Waals surface area contributed by atoms with Crippen molar-refractivity contribution in [1.82, 2.24) is 10.2 Å². The summed E-state index contributed by atoms with van der Waals surface area (Å²) in [6.07, 6.45) is 0. The Morgan fingerprint density at radius 1 is 0.938 bits per heavy atom. The van der Waals surface area contributed by atoms with E-state index in [0.29, 0.717) is 17.8 Å². The van der Waals surface area contributed by atoms with Crippen molar-refractivity contribution in [2.45, 2.75) is 13.8 Å². The number of amides is 4. The van der Waals surface area contributed by atoms with E-state index in [-0.39, 0.29) is 41.2 Å². The predicted octanol–water partition coefficient (Wildman–Crippen LogP) is -1.48. The van der Waals surface area contributed by atoms with Crippen LogP contribution >= 0.6 is 0 Å². The molecule has 0 bridgehead atoms. The van der Waals surface area contributed by atoms with Gasteiger partial charge in [0.25, 0.3) is 5.91 Å². The number of hydrogen-bond donors (Lipinski definition) is 1. The summed E-state index contributed by atoms with van der Waals surface area (Å²) in [5, 5.41) is 13.6. The van der Waals surface area contributed by atoms with E-state index < -0.39 is 30.8 Å². The number of benzene rings is 1. The molecule has 13 heteroatoms. The Balaban J connectivity index is 0. The van der Waals surface area contributed by atoms with Crippen LogP contribution in [0.4, 0.5) is 5.69 Å². The van der Waals surface area contributed by atoms with Crippen molar-refractivity contribution in [2.24, 2.45) is 0 Å². The van der Waals surface area contributed by atoms with E-state index in [4.69, 9.17) is 3.50 Å². The van der Waals surface area contributed by atoms with Gasteiger partial charge in [0, 0.05) is 36.4 Å². The number of nitrogens with zero attached hydrogens (tertiary/aromatic N) is 4. The Kier molecular flexibility index (Phi) is 21.1. The molecule has 32 heavy (non-hydrogen) atoms. The molecule has 1 rings (SSSR count). The fourth-order valence-electron chi connectivity index (χ4n) is 2.24. The monoisotopic (exact) mass is 555 g/mol. The van der Waals surface area contributed by atoms with Crippen LogP contribution in [0.15, 0.2) is 24.3 Å². The molecule has 1 N–H and O–H groups in total. The van der Waals surface area contributed by atoms with Crippen molar-refractivity contribution in [3.8, 4) is 0 Å². The molecule has 0 atom stereocenters. The van der Waals surface area contributed by atoms with Gasteiger partial charge >= 0.3 is 51.9 Å². The fraction of sp³-hybridized carbons (Fsp3) is 0.474. The molecule has 0 spiro atoms. The SMILES string of the molecule is CCN(CC)CCNC(=O)c1ccc([N-]C(=O)C[N-]C(=O)C[N-]C(=O)C[S-])cc1.[Na+].[O]=[Tc+5]. The third-order valence-electron chi connectivity index (χ3n) is 3.90. The van der Waals surface area contributed by atoms with Crippen molar-refractivity contribution in [3.05, 3.63) is 45.8 Å². The van der Waals surface area contributed by atoms with E-state index in [1.54, 1.807) is 12.1 Å². The zero-order valence-electron chi connectivity index (χ0n) is 18.4. The van der Waals surface area contributed by atoms with Crippen molar-refractivity contribution in [2.75, 3.05) is 45.0 Å². The van der Waals surface area contributed by atoms with Crippen molar-refractivity contribution >= 4 is 41.9 Å². The molecule has 0 aromatic heterocycles. The molecule has 0 aliphatic carbocycles. The summed E-state index contributed by atoms with van der Waals surface area (Å²) in [5.41, 5.74) is 0.812. The first kappa shape index (κ1) is 33.0. The topological polar surface area (TPSA) is 143 Å². The van der Waals surface area contributed by atoms with Crippen molar-refractivity contribution in [1.29, 1.82) is 0 Å². The molecule has 0 aliphatic rings. The first-order valence-electron chi connectivity index (χ1n) is 9.38. The summed E-state index contributed by atoms with van der Waals surface area (Å²) in [4.78, 5) is 48.4. The van der Waals surface area contributed by atoms with Crippen LogP contribution < -0.4 is 34.9 Å². The van der Waals surface area contributed by atoms with Gasteiger partial charge in [-0.2, -0.15) is 0 Å². The van der Waals surface area contributed by atoms with Crippen LogP contribution in [-0.2, 0) is 49.4 Å². The van der Waals surface area contributed by atoms with Crippen LogP contribution in [-0.4, -0.2) is 73.6 Å². The number of carbonyl (C=O) groups is 4. The van der Waals surface area contributed by atoms with E-state index >= 15 is 0 Å². The van der Waals surface area contributed by atoms with E-state index in [9.17, 15) is 19.2 Å². The Bertz CT molecular complexity index is 723. The second kappa shape index (κ2) is 20.5. The van der Waals surface area contributed by atoms with Gasteiger partial charge in [-0.25, -0.2) is 0 Å². The Morgan fingerprint density at radius 2 is 1.47 bits per heavy atom. The molecule has 1 aromatic carbocycles. The summed E-state index contributed by atoms with van der Waals surface area (Å²) in [6, 6.07) is 6.22. The van der Waals surface area contributed by atoms with E-state index in [1.807, 2.05) is 0 Å². The second-order valence-electron chi connectivity index (χ2n) is 5.90. The summed E-state index contributed by atoms with van der Waals surface area (Å²) in [7, 11) is 0. The Hall–Kier alpha value is -1.14. The molecule has 1 aromatic rings. The molecule has 168 valence electrons. The average molecular weight is 556 g/mol. The minimum atomic E-state index is -0.693. The fourth-order valence-corrected chi connectivity index (χ4v) is 2.33. The molecule has 0 unspecified atom stereocenters. The van der Waals surface area contributed by atoms with Gasteiger partial charge in [0.1, 0.15) is 0 Å². The van der Waals surface area contributed by atoms with Crippen LogP contribution in [0.1, 0.15) is 24.2 Å². The zero-order chi connectivity index (χ0) is 23.6. The van der Waals surface area contributed by atoms with E-state index in [1.165, 1.54) is 12.1 Å². The maximum atomic E-state index is 12.1. The number of nitrogens with one attached hydrogen (secondary N) is 1. The molecule has 10 nitrogen and oxygen atoms in total. The zero-order valence-corrected chi connectivity index (χ0v) is 23.1. The van der Waals surface area contributed by atoms with E-state index in [2.05, 4.69) is 52.6 Å². The summed E-state index contributed by atoms with van der Waals surface area (Å²) in [5.74, 6) is -2.29. The number of carbonyl (C=O) groups excluding carboxylic acids is 4. The maximum absolute atomic E-state index is 12.1. The van der Waals surface area contributed by atoms with Crippen LogP contribution in [0.5, 0.6) is 0 Å². The van der Waals surface area contributed by atoms with Crippen LogP contribution in [0.3, 0.4) is 0 Å². The van der Waals surface area contributed by atoms with Gasteiger partial charge in [0.05, 0.1) is 0 Å². The Morgan fingerprint density at radius 3 is 2.00 bits per heavy atom. The second-order valence-corrected chi connectivity index (χ2v) is 6.19. The molecule has 0 saturated heterocycles. The van der Waals surface area contributed by atoms with Gasteiger partial charge < -0.3 is 53.2 Å². The molecular weight excluding hydrogens is 531 g/mol. The summed E-state index contributed by atoms with van der Waals surface area (Å²) >= 11 is 5.39. The third kappa shape index (κ3) is 14.8. The standard InChI is InChI=1S/C19H29N5O4S.Na.O.Tc/c1-3-24(4-2)10-9-20-19(28)14-5-7-15(8-6-14)23-17(26)12-21-16(25)11-22-18(27)13-29;;;/h5-8H,3-4,9-13H2,1-2H3,(H5,20,21,22,23,25,26,27,28,29);;;/q;+1;;+5/p-4. The minimum absolute atomic E-state index is 0. The van der Waals surface area contributed by atoms with Gasteiger partial charge in [-0.15, -0.1) is 11.4 Å². The summed E-state index contributed by atoms with van der Waals surface area (Å²) in [6.45, 7) is 6.44. The molecule has 4 amide bonds. The third-order valence-corrected chi connectivity index (χ3v) is 4.14. The van der Waals surface area contributed by atoms with Crippen LogP contribution in [0.2, 0.25) is 0 Å². The van der Waals surface area contributed by atoms with Gasteiger partial charge in [-0.05, 0) is 13.1 Å². The predicted molar refractivity (Wildman–Crippen MR) is 114 cm³/mol. The molecular formula is C19H25N5NaO5STc+2. The van der Waals surface area contributed by atoms with Gasteiger partial charge in [0.2, 0.25) is 0 Å². The quantitative estimate of drug-likeness (QED) is 0.244. The Labute approximate surface area is 226 Å². The van der Waals surface area contributed by atoms with Gasteiger partial charge in [0.15, 0.2) is 0 Å².